The number of nitriles is 1. The van der Waals surface area contributed by atoms with Crippen LogP contribution in [-0.2, 0) is 0 Å². The third-order valence-electron chi connectivity index (χ3n) is 2.33. The predicted octanol–water partition coefficient (Wildman–Crippen LogP) is 1.55. The van der Waals surface area contributed by atoms with Gasteiger partial charge in [-0.25, -0.2) is 4.98 Å². The van der Waals surface area contributed by atoms with E-state index in [1.54, 1.807) is 12.3 Å². The minimum Gasteiger partial charge on any atom is -0.370 e. The number of pyridine rings is 1. The molecule has 3 nitrogen and oxygen atoms in total. The molecular weight excluding hydrogens is 162 g/mol. The first kappa shape index (κ1) is 8.06. The highest BCUT2D eigenvalue weighted by Crippen LogP contribution is 2.18. The first-order chi connectivity index (χ1) is 6.40. The highest BCUT2D eigenvalue weighted by atomic mass is 15.1. The molecule has 66 valence electrons. The maximum atomic E-state index is 8.57. The molecule has 0 radical (unpaired) electrons. The van der Waals surface area contributed by atoms with Gasteiger partial charge in [0.05, 0.1) is 11.9 Å². The molecule has 1 aromatic rings. The van der Waals surface area contributed by atoms with Gasteiger partial charge in [0.25, 0.3) is 0 Å². The zero-order valence-corrected chi connectivity index (χ0v) is 7.40. The van der Waals surface area contributed by atoms with Crippen LogP contribution in [0.1, 0.15) is 18.5 Å². The third kappa shape index (κ3) is 1.62. The van der Waals surface area contributed by atoms with Gasteiger partial charge in [0, 0.05) is 13.1 Å². The second-order valence-electron chi connectivity index (χ2n) is 3.21. The molecule has 0 bridgehead atoms. The van der Waals surface area contributed by atoms with E-state index in [4.69, 9.17) is 5.26 Å². The van der Waals surface area contributed by atoms with E-state index in [1.807, 2.05) is 12.1 Å². The molecule has 13 heavy (non-hydrogen) atoms. The Balaban J connectivity index is 2.18. The molecule has 0 N–H and O–H groups in total. The summed E-state index contributed by atoms with van der Waals surface area (Å²) in [6.45, 7) is 2.24. The molecule has 0 amide bonds. The number of hydrogen-bond donors (Lipinski definition) is 0. The molecule has 1 aliphatic rings. The van der Waals surface area contributed by atoms with Crippen LogP contribution in [0.5, 0.6) is 0 Å². The van der Waals surface area contributed by atoms with Crippen LogP contribution in [-0.4, -0.2) is 18.1 Å². The summed E-state index contributed by atoms with van der Waals surface area (Å²) < 4.78 is 0. The average molecular weight is 173 g/mol. The van der Waals surface area contributed by atoms with Crippen LogP contribution in [0.4, 0.5) is 5.69 Å². The zero-order valence-electron chi connectivity index (χ0n) is 7.40. The van der Waals surface area contributed by atoms with Crippen LogP contribution in [0.2, 0.25) is 0 Å². The molecule has 0 unspecified atom stereocenters. The molecule has 0 aromatic carbocycles. The monoisotopic (exact) mass is 173 g/mol. The van der Waals surface area contributed by atoms with Gasteiger partial charge in [-0.1, -0.05) is 0 Å². The lowest BCUT2D eigenvalue weighted by Crippen LogP contribution is -2.17. The number of nitrogens with zero attached hydrogens (tertiary/aromatic N) is 3. The van der Waals surface area contributed by atoms with Crippen molar-refractivity contribution in [2.24, 2.45) is 0 Å². The van der Waals surface area contributed by atoms with Crippen LogP contribution >= 0.6 is 0 Å². The van der Waals surface area contributed by atoms with Gasteiger partial charge in [-0.2, -0.15) is 5.26 Å². The smallest absolute Gasteiger partial charge is 0.140 e. The number of rotatable bonds is 1. The van der Waals surface area contributed by atoms with Crippen LogP contribution in [0.3, 0.4) is 0 Å². The van der Waals surface area contributed by atoms with E-state index in [1.165, 1.54) is 12.8 Å². The van der Waals surface area contributed by atoms with Gasteiger partial charge in [-0.15, -0.1) is 0 Å². The van der Waals surface area contributed by atoms with E-state index < -0.39 is 0 Å². The summed E-state index contributed by atoms with van der Waals surface area (Å²) >= 11 is 0. The Morgan fingerprint density at radius 1 is 1.31 bits per heavy atom. The summed E-state index contributed by atoms with van der Waals surface area (Å²) in [6, 6.07) is 5.76. The second-order valence-corrected chi connectivity index (χ2v) is 3.21. The molecule has 0 spiro atoms. The van der Waals surface area contributed by atoms with Gasteiger partial charge in [0.1, 0.15) is 11.8 Å². The maximum Gasteiger partial charge on any atom is 0.140 e. The van der Waals surface area contributed by atoms with Crippen molar-refractivity contribution < 1.29 is 0 Å². The Morgan fingerprint density at radius 2 is 2.08 bits per heavy atom. The van der Waals surface area contributed by atoms with Gasteiger partial charge in [0.2, 0.25) is 0 Å². The fraction of sp³-hybridized carbons (Fsp3) is 0.400. The first-order valence-corrected chi connectivity index (χ1v) is 4.51. The van der Waals surface area contributed by atoms with Crippen LogP contribution in [0.15, 0.2) is 18.3 Å². The molecule has 1 saturated heterocycles. The molecule has 2 heterocycles. The summed E-state index contributed by atoms with van der Waals surface area (Å²) in [5.41, 5.74) is 1.62. The van der Waals surface area contributed by atoms with E-state index in [0.29, 0.717) is 5.69 Å². The molecule has 0 aliphatic carbocycles. The predicted molar refractivity (Wildman–Crippen MR) is 50.4 cm³/mol. The highest BCUT2D eigenvalue weighted by Gasteiger charge is 2.11. The maximum absolute atomic E-state index is 8.57. The van der Waals surface area contributed by atoms with Crippen molar-refractivity contribution >= 4 is 5.69 Å². The van der Waals surface area contributed by atoms with Crippen molar-refractivity contribution in [2.45, 2.75) is 12.8 Å². The zero-order chi connectivity index (χ0) is 9.10. The largest absolute Gasteiger partial charge is 0.370 e. The quantitative estimate of drug-likeness (QED) is 0.647. The summed E-state index contributed by atoms with van der Waals surface area (Å²) in [7, 11) is 0. The number of hydrogen-bond acceptors (Lipinski definition) is 3. The van der Waals surface area contributed by atoms with Crippen LogP contribution < -0.4 is 4.90 Å². The highest BCUT2D eigenvalue weighted by molar-refractivity contribution is 5.46. The van der Waals surface area contributed by atoms with Gasteiger partial charge < -0.3 is 4.90 Å². The Hall–Kier alpha value is -1.56. The van der Waals surface area contributed by atoms with Crippen LogP contribution in [0.25, 0.3) is 0 Å². The van der Waals surface area contributed by atoms with E-state index in [0.717, 1.165) is 18.8 Å². The first-order valence-electron chi connectivity index (χ1n) is 4.51. The fourth-order valence-corrected chi connectivity index (χ4v) is 1.61. The second kappa shape index (κ2) is 3.44. The molecule has 0 atom stereocenters. The van der Waals surface area contributed by atoms with Crippen LogP contribution in [0, 0.1) is 11.3 Å². The third-order valence-corrected chi connectivity index (χ3v) is 2.33. The Bertz CT molecular complexity index is 317. The van der Waals surface area contributed by atoms with Crippen molar-refractivity contribution in [3.05, 3.63) is 24.0 Å². The molecule has 1 aliphatic heterocycles. The van der Waals surface area contributed by atoms with E-state index >= 15 is 0 Å². The van der Waals surface area contributed by atoms with Gasteiger partial charge >= 0.3 is 0 Å². The van der Waals surface area contributed by atoms with Crippen molar-refractivity contribution in [3.63, 3.8) is 0 Å². The van der Waals surface area contributed by atoms with Crippen molar-refractivity contribution in [3.8, 4) is 6.07 Å². The molecule has 1 aromatic heterocycles. The van der Waals surface area contributed by atoms with E-state index in [9.17, 15) is 0 Å². The van der Waals surface area contributed by atoms with E-state index in [-0.39, 0.29) is 0 Å². The summed E-state index contributed by atoms with van der Waals surface area (Å²) in [6.07, 6.45) is 4.31. The van der Waals surface area contributed by atoms with Crippen molar-refractivity contribution in [1.29, 1.82) is 5.26 Å². The average Bonchev–Trinajstić information content (AvgIpc) is 2.71. The number of anilines is 1. The minimum absolute atomic E-state index is 0.489. The molecular formula is C10H11N3. The molecule has 1 fully saturated rings. The Labute approximate surface area is 77.6 Å². The lowest BCUT2D eigenvalue weighted by molar-refractivity contribution is 0.949. The normalized spacial score (nSPS) is 15.8. The van der Waals surface area contributed by atoms with Crippen molar-refractivity contribution in [2.75, 3.05) is 18.0 Å². The molecule has 3 heteroatoms. The molecule has 0 saturated carbocycles. The summed E-state index contributed by atoms with van der Waals surface area (Å²) in [5, 5.41) is 8.57. The lowest BCUT2D eigenvalue weighted by atomic mass is 10.3. The Kier molecular flexibility index (Phi) is 2.13. The van der Waals surface area contributed by atoms with Gasteiger partial charge in [-0.3, -0.25) is 0 Å². The number of aromatic nitrogens is 1. The van der Waals surface area contributed by atoms with Gasteiger partial charge in [-0.05, 0) is 25.0 Å². The standard InChI is InChI=1S/C10H11N3/c11-7-9-3-4-10(8-12-9)13-5-1-2-6-13/h3-4,8H,1-2,5-6H2. The fourth-order valence-electron chi connectivity index (χ4n) is 1.61. The van der Waals surface area contributed by atoms with Crippen molar-refractivity contribution in [1.82, 2.24) is 4.98 Å². The van der Waals surface area contributed by atoms with Gasteiger partial charge in [0.15, 0.2) is 0 Å². The summed E-state index contributed by atoms with van der Waals surface area (Å²) in [5.74, 6) is 0. The minimum atomic E-state index is 0.489. The summed E-state index contributed by atoms with van der Waals surface area (Å²) in [4.78, 5) is 6.34. The molecule has 2 rings (SSSR count). The Morgan fingerprint density at radius 3 is 2.62 bits per heavy atom. The lowest BCUT2D eigenvalue weighted by Gasteiger charge is -2.16. The SMILES string of the molecule is N#Cc1ccc(N2CCCC2)cn1. The topological polar surface area (TPSA) is 39.9 Å². The van der Waals surface area contributed by atoms with E-state index in [2.05, 4.69) is 9.88 Å².